The average Bonchev–Trinajstić information content (AvgIpc) is 3.13. The van der Waals surface area contributed by atoms with Gasteiger partial charge in [0.2, 0.25) is 5.91 Å². The van der Waals surface area contributed by atoms with Crippen LogP contribution in [0.2, 0.25) is 0 Å². The van der Waals surface area contributed by atoms with Gasteiger partial charge in [0.15, 0.2) is 0 Å². The zero-order valence-corrected chi connectivity index (χ0v) is 12.1. The first-order valence-corrected chi connectivity index (χ1v) is 7.10. The van der Waals surface area contributed by atoms with E-state index in [0.717, 1.165) is 41.7 Å². The van der Waals surface area contributed by atoms with E-state index in [4.69, 9.17) is 0 Å². The molecule has 0 bridgehead atoms. The topological polar surface area (TPSA) is 54.0 Å². The summed E-state index contributed by atoms with van der Waals surface area (Å²) in [5.41, 5.74) is 1.15. The predicted octanol–water partition coefficient (Wildman–Crippen LogP) is 2.62. The number of anilines is 1. The molecule has 1 amide bonds. The van der Waals surface area contributed by atoms with E-state index in [9.17, 15) is 4.79 Å². The molecule has 0 radical (unpaired) electrons. The van der Waals surface area contributed by atoms with Crippen molar-refractivity contribution >= 4 is 27.7 Å². The largest absolute Gasteiger partial charge is 0.369 e. The third-order valence-electron chi connectivity index (χ3n) is 2.90. The molecule has 1 saturated carbocycles. The van der Waals surface area contributed by atoms with E-state index in [2.05, 4.69) is 31.5 Å². The predicted molar refractivity (Wildman–Crippen MR) is 75.6 cm³/mol. The molecule has 0 saturated heterocycles. The number of nitrogens with one attached hydrogen (secondary N) is 2. The summed E-state index contributed by atoms with van der Waals surface area (Å²) < 4.78 is 0.993. The van der Waals surface area contributed by atoms with Crippen molar-refractivity contribution in [3.8, 4) is 0 Å². The summed E-state index contributed by atoms with van der Waals surface area (Å²) in [5, 5.41) is 6.22. The number of hydrogen-bond acceptors (Lipinski definition) is 3. The van der Waals surface area contributed by atoms with E-state index >= 15 is 0 Å². The summed E-state index contributed by atoms with van der Waals surface area (Å²) in [7, 11) is 0. The van der Waals surface area contributed by atoms with Crippen LogP contribution < -0.4 is 10.6 Å². The minimum Gasteiger partial charge on any atom is -0.369 e. The van der Waals surface area contributed by atoms with Crippen molar-refractivity contribution in [1.29, 1.82) is 0 Å². The number of pyridine rings is 1. The number of halogens is 1. The first kappa shape index (κ1) is 13.3. The SMILES string of the molecule is Cc1ccnc(NCCCC(=O)NC2CC2)c1Br. The normalized spacial score (nSPS) is 14.3. The van der Waals surface area contributed by atoms with Gasteiger partial charge in [0.05, 0.1) is 4.47 Å². The minimum absolute atomic E-state index is 0.163. The fourth-order valence-corrected chi connectivity index (χ4v) is 2.02. The standard InChI is InChI=1S/C13H18BrN3O/c1-9-6-8-16-13(12(9)14)15-7-2-3-11(18)17-10-4-5-10/h6,8,10H,2-5,7H2,1H3,(H,15,16)(H,17,18). The Labute approximate surface area is 116 Å². The van der Waals surface area contributed by atoms with Gasteiger partial charge in [0.1, 0.15) is 5.82 Å². The number of hydrogen-bond donors (Lipinski definition) is 2. The summed E-state index contributed by atoms with van der Waals surface area (Å²) in [6.07, 6.45) is 5.46. The maximum atomic E-state index is 11.5. The van der Waals surface area contributed by atoms with Crippen molar-refractivity contribution < 1.29 is 4.79 Å². The molecule has 1 aromatic heterocycles. The Hall–Kier alpha value is -1.10. The van der Waals surface area contributed by atoms with Crippen LogP contribution in [0, 0.1) is 6.92 Å². The molecule has 0 spiro atoms. The van der Waals surface area contributed by atoms with Gasteiger partial charge in [-0.05, 0) is 53.7 Å². The molecule has 1 aliphatic carbocycles. The highest BCUT2D eigenvalue weighted by molar-refractivity contribution is 9.10. The van der Waals surface area contributed by atoms with E-state index in [0.29, 0.717) is 12.5 Å². The summed E-state index contributed by atoms with van der Waals surface area (Å²) >= 11 is 3.50. The zero-order valence-electron chi connectivity index (χ0n) is 10.5. The number of amides is 1. The fraction of sp³-hybridized carbons (Fsp3) is 0.538. The van der Waals surface area contributed by atoms with Crippen molar-refractivity contribution in [2.75, 3.05) is 11.9 Å². The van der Waals surface area contributed by atoms with Crippen LogP contribution in [0.3, 0.4) is 0 Å². The maximum absolute atomic E-state index is 11.5. The van der Waals surface area contributed by atoms with Crippen LogP contribution in [0.5, 0.6) is 0 Å². The molecule has 0 atom stereocenters. The summed E-state index contributed by atoms with van der Waals surface area (Å²) in [6, 6.07) is 2.41. The van der Waals surface area contributed by atoms with Gasteiger partial charge < -0.3 is 10.6 Å². The third kappa shape index (κ3) is 3.98. The molecule has 2 N–H and O–H groups in total. The van der Waals surface area contributed by atoms with Crippen molar-refractivity contribution in [1.82, 2.24) is 10.3 Å². The van der Waals surface area contributed by atoms with Gasteiger partial charge >= 0.3 is 0 Å². The molecule has 1 fully saturated rings. The van der Waals surface area contributed by atoms with Gasteiger partial charge in [-0.25, -0.2) is 4.98 Å². The van der Waals surface area contributed by atoms with Crippen molar-refractivity contribution in [2.45, 2.75) is 38.6 Å². The Morgan fingerprint density at radius 2 is 2.33 bits per heavy atom. The number of aryl methyl sites for hydroxylation is 1. The van der Waals surface area contributed by atoms with E-state index in [1.165, 1.54) is 0 Å². The lowest BCUT2D eigenvalue weighted by atomic mass is 10.2. The highest BCUT2D eigenvalue weighted by atomic mass is 79.9. The van der Waals surface area contributed by atoms with Crippen LogP contribution in [0.1, 0.15) is 31.2 Å². The highest BCUT2D eigenvalue weighted by Crippen LogP contribution is 2.23. The van der Waals surface area contributed by atoms with Crippen LogP contribution in [-0.4, -0.2) is 23.5 Å². The van der Waals surface area contributed by atoms with E-state index in [1.54, 1.807) is 6.20 Å². The molecule has 1 heterocycles. The molecule has 98 valence electrons. The van der Waals surface area contributed by atoms with Crippen molar-refractivity contribution in [2.24, 2.45) is 0 Å². The maximum Gasteiger partial charge on any atom is 0.220 e. The Balaban J connectivity index is 1.68. The van der Waals surface area contributed by atoms with Crippen LogP contribution in [0.4, 0.5) is 5.82 Å². The van der Waals surface area contributed by atoms with Crippen molar-refractivity contribution in [3.63, 3.8) is 0 Å². The smallest absolute Gasteiger partial charge is 0.220 e. The van der Waals surface area contributed by atoms with Gasteiger partial charge in [-0.15, -0.1) is 0 Å². The zero-order chi connectivity index (χ0) is 13.0. The lowest BCUT2D eigenvalue weighted by Gasteiger charge is -2.09. The van der Waals surface area contributed by atoms with Gasteiger partial charge in [-0.1, -0.05) is 0 Å². The van der Waals surface area contributed by atoms with Crippen LogP contribution >= 0.6 is 15.9 Å². The molecular weight excluding hydrogens is 294 g/mol. The average molecular weight is 312 g/mol. The molecule has 0 unspecified atom stereocenters. The van der Waals surface area contributed by atoms with Gasteiger partial charge in [0, 0.05) is 25.2 Å². The molecule has 1 aliphatic rings. The van der Waals surface area contributed by atoms with Crippen LogP contribution in [0.15, 0.2) is 16.7 Å². The van der Waals surface area contributed by atoms with E-state index in [1.807, 2.05) is 13.0 Å². The summed E-state index contributed by atoms with van der Waals surface area (Å²) in [4.78, 5) is 15.7. The molecule has 1 aromatic rings. The molecule has 4 nitrogen and oxygen atoms in total. The summed E-state index contributed by atoms with van der Waals surface area (Å²) in [6.45, 7) is 2.78. The fourth-order valence-electron chi connectivity index (χ4n) is 1.65. The van der Waals surface area contributed by atoms with Gasteiger partial charge in [0.25, 0.3) is 0 Å². The second kappa shape index (κ2) is 6.18. The molecule has 0 aliphatic heterocycles. The molecule has 0 aromatic carbocycles. The quantitative estimate of drug-likeness (QED) is 0.794. The van der Waals surface area contributed by atoms with E-state index < -0.39 is 0 Å². The molecule has 18 heavy (non-hydrogen) atoms. The highest BCUT2D eigenvalue weighted by Gasteiger charge is 2.22. The lowest BCUT2D eigenvalue weighted by Crippen LogP contribution is -2.25. The first-order chi connectivity index (χ1) is 8.66. The monoisotopic (exact) mass is 311 g/mol. The second-order valence-corrected chi connectivity index (χ2v) is 5.46. The number of rotatable bonds is 6. The Kier molecular flexibility index (Phi) is 4.58. The Bertz CT molecular complexity index is 432. The van der Waals surface area contributed by atoms with E-state index in [-0.39, 0.29) is 5.91 Å². The number of carbonyl (C=O) groups is 1. The third-order valence-corrected chi connectivity index (χ3v) is 3.90. The second-order valence-electron chi connectivity index (χ2n) is 4.66. The van der Waals surface area contributed by atoms with Gasteiger partial charge in [-0.3, -0.25) is 4.79 Å². The van der Waals surface area contributed by atoms with Crippen molar-refractivity contribution in [3.05, 3.63) is 22.3 Å². The Morgan fingerprint density at radius 3 is 3.06 bits per heavy atom. The van der Waals surface area contributed by atoms with Gasteiger partial charge in [-0.2, -0.15) is 0 Å². The number of carbonyl (C=O) groups excluding carboxylic acids is 1. The Morgan fingerprint density at radius 1 is 1.56 bits per heavy atom. The number of nitrogens with zero attached hydrogens (tertiary/aromatic N) is 1. The molecule has 2 rings (SSSR count). The van der Waals surface area contributed by atoms with Crippen LogP contribution in [-0.2, 0) is 4.79 Å². The first-order valence-electron chi connectivity index (χ1n) is 6.31. The molecule has 5 heteroatoms. The summed E-state index contributed by atoms with van der Waals surface area (Å²) in [5.74, 6) is 1.01. The lowest BCUT2D eigenvalue weighted by molar-refractivity contribution is -0.121. The minimum atomic E-state index is 0.163. The molecular formula is C13H18BrN3O. The van der Waals surface area contributed by atoms with Crippen LogP contribution in [0.25, 0.3) is 0 Å². The number of aromatic nitrogens is 1.